The topological polar surface area (TPSA) is 29.9 Å². The number of para-hydroxylation sites is 1. The Morgan fingerprint density at radius 3 is 2.67 bits per heavy atom. The fourth-order valence-electron chi connectivity index (χ4n) is 1.90. The van der Waals surface area contributed by atoms with Crippen molar-refractivity contribution in [2.45, 2.75) is 20.4 Å². The Morgan fingerprint density at radius 2 is 2.11 bits per heavy atom. The number of aryl methyl sites for hydroxylation is 3. The molecule has 0 fully saturated rings. The van der Waals surface area contributed by atoms with Crippen LogP contribution in [0.1, 0.15) is 17.0 Å². The van der Waals surface area contributed by atoms with E-state index in [2.05, 4.69) is 26.3 Å². The van der Waals surface area contributed by atoms with Crippen LogP contribution in [-0.2, 0) is 13.6 Å². The molecule has 0 bridgehead atoms. The van der Waals surface area contributed by atoms with E-state index in [0.29, 0.717) is 12.2 Å². The lowest BCUT2D eigenvalue weighted by molar-refractivity contribution is 0.627. The van der Waals surface area contributed by atoms with E-state index in [1.807, 2.05) is 27.0 Å². The number of nitrogens with one attached hydrogen (secondary N) is 1. The van der Waals surface area contributed by atoms with Gasteiger partial charge in [-0.2, -0.15) is 5.10 Å². The van der Waals surface area contributed by atoms with Crippen LogP contribution in [0, 0.1) is 19.7 Å². The molecule has 0 aliphatic heterocycles. The third-order valence-corrected chi connectivity index (χ3v) is 3.95. The van der Waals surface area contributed by atoms with Crippen molar-refractivity contribution in [2.24, 2.45) is 7.05 Å². The van der Waals surface area contributed by atoms with Crippen LogP contribution < -0.4 is 5.32 Å². The van der Waals surface area contributed by atoms with Crippen LogP contribution in [0.5, 0.6) is 0 Å². The monoisotopic (exact) mass is 311 g/mol. The van der Waals surface area contributed by atoms with E-state index in [1.54, 1.807) is 10.7 Å². The molecule has 2 rings (SSSR count). The standard InChI is InChI=1S/C13H15BrFN3/c1-8-5-4-6-10(15)13(8)16-7-11-12(14)9(2)17-18(11)3/h4-6,16H,7H2,1-3H3. The summed E-state index contributed by atoms with van der Waals surface area (Å²) in [7, 11) is 1.88. The number of aromatic nitrogens is 2. The maximum atomic E-state index is 13.7. The normalized spacial score (nSPS) is 10.7. The highest BCUT2D eigenvalue weighted by Gasteiger charge is 2.11. The van der Waals surface area contributed by atoms with E-state index in [0.717, 1.165) is 21.4 Å². The zero-order valence-electron chi connectivity index (χ0n) is 10.6. The lowest BCUT2D eigenvalue weighted by Gasteiger charge is -2.11. The summed E-state index contributed by atoms with van der Waals surface area (Å²) in [4.78, 5) is 0. The summed E-state index contributed by atoms with van der Waals surface area (Å²) in [5, 5.41) is 7.43. The quantitative estimate of drug-likeness (QED) is 0.939. The second-order valence-electron chi connectivity index (χ2n) is 4.25. The summed E-state index contributed by atoms with van der Waals surface area (Å²) in [6.07, 6.45) is 0. The van der Waals surface area contributed by atoms with Crippen molar-refractivity contribution in [1.82, 2.24) is 9.78 Å². The summed E-state index contributed by atoms with van der Waals surface area (Å²) in [6, 6.07) is 5.05. The number of hydrogen-bond donors (Lipinski definition) is 1. The van der Waals surface area contributed by atoms with Gasteiger partial charge in [0.1, 0.15) is 5.82 Å². The molecule has 5 heteroatoms. The molecule has 0 saturated carbocycles. The molecule has 0 unspecified atom stereocenters. The predicted molar refractivity (Wildman–Crippen MR) is 74.1 cm³/mol. The highest BCUT2D eigenvalue weighted by Crippen LogP contribution is 2.23. The van der Waals surface area contributed by atoms with Crippen LogP contribution in [-0.4, -0.2) is 9.78 Å². The van der Waals surface area contributed by atoms with Gasteiger partial charge in [0.25, 0.3) is 0 Å². The molecule has 1 heterocycles. The average Bonchev–Trinajstić information content (AvgIpc) is 2.54. The third-order valence-electron chi connectivity index (χ3n) is 2.92. The van der Waals surface area contributed by atoms with Crippen molar-refractivity contribution in [3.05, 3.63) is 45.4 Å². The van der Waals surface area contributed by atoms with Crippen molar-refractivity contribution in [3.63, 3.8) is 0 Å². The van der Waals surface area contributed by atoms with Crippen molar-refractivity contribution in [2.75, 3.05) is 5.32 Å². The van der Waals surface area contributed by atoms with Gasteiger partial charge in [-0.05, 0) is 41.4 Å². The maximum Gasteiger partial charge on any atom is 0.146 e. The summed E-state index contributed by atoms with van der Waals surface area (Å²) in [5.41, 5.74) is 3.36. The zero-order valence-corrected chi connectivity index (χ0v) is 12.2. The first-order valence-corrected chi connectivity index (χ1v) is 6.47. The second kappa shape index (κ2) is 5.10. The maximum absolute atomic E-state index is 13.7. The van der Waals surface area contributed by atoms with E-state index >= 15 is 0 Å². The first-order valence-electron chi connectivity index (χ1n) is 5.67. The van der Waals surface area contributed by atoms with Crippen LogP contribution in [0.25, 0.3) is 0 Å². The highest BCUT2D eigenvalue weighted by atomic mass is 79.9. The molecule has 96 valence electrons. The van der Waals surface area contributed by atoms with Crippen LogP contribution in [0.15, 0.2) is 22.7 Å². The summed E-state index contributed by atoms with van der Waals surface area (Å²) < 4.78 is 16.4. The van der Waals surface area contributed by atoms with Gasteiger partial charge < -0.3 is 5.32 Å². The number of rotatable bonds is 3. The molecule has 18 heavy (non-hydrogen) atoms. The van der Waals surface area contributed by atoms with Crippen LogP contribution in [0.4, 0.5) is 10.1 Å². The minimum atomic E-state index is -0.231. The van der Waals surface area contributed by atoms with E-state index in [9.17, 15) is 4.39 Å². The number of hydrogen-bond acceptors (Lipinski definition) is 2. The first kappa shape index (κ1) is 13.1. The fraction of sp³-hybridized carbons (Fsp3) is 0.308. The molecule has 1 N–H and O–H groups in total. The first-order chi connectivity index (χ1) is 8.50. The Morgan fingerprint density at radius 1 is 1.39 bits per heavy atom. The van der Waals surface area contributed by atoms with Crippen molar-refractivity contribution in [1.29, 1.82) is 0 Å². The summed E-state index contributed by atoms with van der Waals surface area (Å²) >= 11 is 3.49. The Balaban J connectivity index is 2.22. The lowest BCUT2D eigenvalue weighted by atomic mass is 10.2. The van der Waals surface area contributed by atoms with E-state index in [-0.39, 0.29) is 5.82 Å². The summed E-state index contributed by atoms with van der Waals surface area (Å²) in [5.74, 6) is -0.231. The van der Waals surface area contributed by atoms with Gasteiger partial charge in [0.15, 0.2) is 0 Å². The Hall–Kier alpha value is -1.36. The molecule has 0 saturated heterocycles. The number of benzene rings is 1. The highest BCUT2D eigenvalue weighted by molar-refractivity contribution is 9.10. The Kier molecular flexibility index (Phi) is 3.71. The predicted octanol–water partition coefficient (Wildman–Crippen LogP) is 3.55. The average molecular weight is 312 g/mol. The van der Waals surface area contributed by atoms with Gasteiger partial charge >= 0.3 is 0 Å². The largest absolute Gasteiger partial charge is 0.377 e. The molecule has 0 spiro atoms. The zero-order chi connectivity index (χ0) is 13.3. The fourth-order valence-corrected chi connectivity index (χ4v) is 2.38. The van der Waals surface area contributed by atoms with Crippen LogP contribution >= 0.6 is 15.9 Å². The molecular weight excluding hydrogens is 297 g/mol. The SMILES string of the molecule is Cc1cccc(F)c1NCc1c(Br)c(C)nn1C. The Bertz CT molecular complexity index is 558. The van der Waals surface area contributed by atoms with Crippen LogP contribution in [0.3, 0.4) is 0 Å². The second-order valence-corrected chi connectivity index (χ2v) is 5.05. The molecule has 0 aliphatic rings. The van der Waals surface area contributed by atoms with Crippen molar-refractivity contribution >= 4 is 21.6 Å². The molecule has 2 aromatic rings. The van der Waals surface area contributed by atoms with E-state index in [1.165, 1.54) is 6.07 Å². The molecular formula is C13H15BrFN3. The van der Waals surface area contributed by atoms with Gasteiger partial charge in [0, 0.05) is 7.05 Å². The summed E-state index contributed by atoms with van der Waals surface area (Å²) in [6.45, 7) is 4.34. The molecule has 3 nitrogen and oxygen atoms in total. The van der Waals surface area contributed by atoms with Crippen molar-refractivity contribution in [3.8, 4) is 0 Å². The van der Waals surface area contributed by atoms with Gasteiger partial charge in [-0.3, -0.25) is 4.68 Å². The molecule has 1 aromatic heterocycles. The number of anilines is 1. The van der Waals surface area contributed by atoms with Gasteiger partial charge in [-0.15, -0.1) is 0 Å². The van der Waals surface area contributed by atoms with Gasteiger partial charge in [0.05, 0.1) is 28.1 Å². The number of nitrogens with zero attached hydrogens (tertiary/aromatic N) is 2. The van der Waals surface area contributed by atoms with Gasteiger partial charge in [0.2, 0.25) is 0 Å². The Labute approximate surface area is 114 Å². The van der Waals surface area contributed by atoms with Gasteiger partial charge in [-0.1, -0.05) is 12.1 Å². The number of halogens is 2. The molecule has 0 aliphatic carbocycles. The van der Waals surface area contributed by atoms with E-state index in [4.69, 9.17) is 0 Å². The molecule has 0 radical (unpaired) electrons. The minimum Gasteiger partial charge on any atom is -0.377 e. The molecule has 1 aromatic carbocycles. The third kappa shape index (κ3) is 2.41. The van der Waals surface area contributed by atoms with Crippen LogP contribution in [0.2, 0.25) is 0 Å². The minimum absolute atomic E-state index is 0.231. The smallest absolute Gasteiger partial charge is 0.146 e. The molecule has 0 amide bonds. The lowest BCUT2D eigenvalue weighted by Crippen LogP contribution is -2.08. The van der Waals surface area contributed by atoms with E-state index < -0.39 is 0 Å². The van der Waals surface area contributed by atoms with Crippen molar-refractivity contribution < 1.29 is 4.39 Å². The van der Waals surface area contributed by atoms with Gasteiger partial charge in [-0.25, -0.2) is 4.39 Å². The molecule has 0 atom stereocenters.